The van der Waals surface area contributed by atoms with Crippen LogP contribution in [0.2, 0.25) is 0 Å². The van der Waals surface area contributed by atoms with E-state index in [4.69, 9.17) is 17.3 Å². The third-order valence-corrected chi connectivity index (χ3v) is 6.16. The molecule has 8 nitrogen and oxygen atoms in total. The molecule has 0 radical (unpaired) electrons. The minimum atomic E-state index is -1.32. The molecule has 0 amide bonds. The van der Waals surface area contributed by atoms with Crippen LogP contribution in [0.1, 0.15) is 42.1 Å². The zero-order valence-corrected chi connectivity index (χ0v) is 17.8. The second kappa shape index (κ2) is 8.94. The van der Waals surface area contributed by atoms with E-state index in [1.54, 1.807) is 4.57 Å². The van der Waals surface area contributed by atoms with Gasteiger partial charge in [-0.3, -0.25) is 4.79 Å². The molecular formula is C21H25ClFN5O3. The Morgan fingerprint density at radius 1 is 1.35 bits per heavy atom. The molecule has 166 valence electrons. The van der Waals surface area contributed by atoms with Gasteiger partial charge in [0.25, 0.3) is 0 Å². The molecule has 0 bridgehead atoms. The summed E-state index contributed by atoms with van der Waals surface area (Å²) in [6.07, 6.45) is 4.47. The molecule has 0 spiro atoms. The van der Waals surface area contributed by atoms with Crippen molar-refractivity contribution < 1.29 is 14.3 Å². The van der Waals surface area contributed by atoms with Gasteiger partial charge in [0.15, 0.2) is 11.6 Å². The van der Waals surface area contributed by atoms with Crippen molar-refractivity contribution >= 4 is 34.4 Å². The number of aromatic carboxylic acids is 1. The van der Waals surface area contributed by atoms with Crippen molar-refractivity contribution in [2.75, 3.05) is 37.6 Å². The number of aromatic nitrogens is 2. The Morgan fingerprint density at radius 3 is 2.68 bits per heavy atom. The van der Waals surface area contributed by atoms with Crippen molar-refractivity contribution in [3.8, 4) is 0 Å². The summed E-state index contributed by atoms with van der Waals surface area (Å²) < 4.78 is 16.7. The highest BCUT2D eigenvalue weighted by atomic mass is 35.5. The first-order valence-electron chi connectivity index (χ1n) is 10.4. The first kappa shape index (κ1) is 21.7. The van der Waals surface area contributed by atoms with Gasteiger partial charge in [-0.15, -0.1) is 0 Å². The summed E-state index contributed by atoms with van der Waals surface area (Å²) >= 11 is 6.40. The van der Waals surface area contributed by atoms with Crippen LogP contribution in [-0.2, 0) is 0 Å². The van der Waals surface area contributed by atoms with Crippen LogP contribution in [0.3, 0.4) is 0 Å². The van der Waals surface area contributed by atoms with Gasteiger partial charge in [-0.25, -0.2) is 14.2 Å². The van der Waals surface area contributed by atoms with Crippen LogP contribution in [0.4, 0.5) is 10.2 Å². The molecule has 4 rings (SSSR count). The second-order valence-electron chi connectivity index (χ2n) is 7.94. The van der Waals surface area contributed by atoms with Crippen LogP contribution in [0.15, 0.2) is 27.7 Å². The maximum atomic E-state index is 15.0. The standard InChI is InChI=1S/C21H25ClFN5O3/c22-16(10-25-6-5-24)12-3-7-27(8-4-12)20-17(23)9-14-18(29)15(21(30)31)11-28(13-1-2-13)19(14)26-20/h9,11,13,25H,1-8,10,24H2,(H,30,31). The monoisotopic (exact) mass is 449 g/mol. The van der Waals surface area contributed by atoms with Gasteiger partial charge < -0.3 is 25.6 Å². The van der Waals surface area contributed by atoms with Gasteiger partial charge >= 0.3 is 5.97 Å². The Hall–Kier alpha value is -2.49. The Bertz CT molecular complexity index is 1100. The molecule has 2 fully saturated rings. The molecule has 1 aliphatic heterocycles. The second-order valence-corrected chi connectivity index (χ2v) is 8.40. The largest absolute Gasteiger partial charge is 0.477 e. The predicted octanol–water partition coefficient (Wildman–Crippen LogP) is 2.21. The number of nitrogens with zero attached hydrogens (tertiary/aromatic N) is 3. The summed E-state index contributed by atoms with van der Waals surface area (Å²) in [5.41, 5.74) is 5.86. The van der Waals surface area contributed by atoms with Gasteiger partial charge in [-0.1, -0.05) is 17.2 Å². The fraction of sp³-hybridized carbons (Fsp3) is 0.476. The zero-order chi connectivity index (χ0) is 22.1. The maximum Gasteiger partial charge on any atom is 0.341 e. The minimum absolute atomic E-state index is 0.000308. The molecule has 4 N–H and O–H groups in total. The number of carboxylic acids is 1. The smallest absolute Gasteiger partial charge is 0.341 e. The van der Waals surface area contributed by atoms with Crippen molar-refractivity contribution in [2.24, 2.45) is 5.73 Å². The van der Waals surface area contributed by atoms with Crippen molar-refractivity contribution in [2.45, 2.75) is 31.7 Å². The number of nitrogens with two attached hydrogens (primary N) is 1. The molecule has 0 unspecified atom stereocenters. The van der Waals surface area contributed by atoms with Crippen LogP contribution in [-0.4, -0.2) is 53.4 Å². The SMILES string of the molecule is NCCNCC(Cl)=C1CCN(c2nc3c(cc2F)c(=O)c(C(=O)O)cn3C2CC2)CC1. The normalized spacial score (nSPS) is 16.7. The molecule has 1 aliphatic carbocycles. The number of carboxylic acid groups (broad SMARTS) is 1. The topological polar surface area (TPSA) is 113 Å². The van der Waals surface area contributed by atoms with Crippen LogP contribution in [0, 0.1) is 5.82 Å². The first-order chi connectivity index (χ1) is 14.9. The fourth-order valence-corrected chi connectivity index (χ4v) is 4.21. The number of fused-ring (bicyclic) bond motifs is 1. The van der Waals surface area contributed by atoms with Gasteiger partial charge in [-0.05, 0) is 31.7 Å². The average Bonchev–Trinajstić information content (AvgIpc) is 3.59. The lowest BCUT2D eigenvalue weighted by atomic mass is 10.0. The van der Waals surface area contributed by atoms with Crippen molar-refractivity contribution in [1.82, 2.24) is 14.9 Å². The van der Waals surface area contributed by atoms with E-state index in [-0.39, 0.29) is 22.8 Å². The Balaban J connectivity index is 1.64. The number of rotatable bonds is 7. The third kappa shape index (κ3) is 4.44. The van der Waals surface area contributed by atoms with Crippen molar-refractivity contribution in [3.63, 3.8) is 0 Å². The highest BCUT2D eigenvalue weighted by Crippen LogP contribution is 2.37. The van der Waals surface area contributed by atoms with Gasteiger partial charge in [0.2, 0.25) is 5.43 Å². The van der Waals surface area contributed by atoms with Crippen molar-refractivity contribution in [3.05, 3.63) is 44.5 Å². The number of carbonyl (C=O) groups is 1. The Kier molecular flexibility index (Phi) is 6.27. The number of anilines is 1. The van der Waals surface area contributed by atoms with Gasteiger partial charge in [-0.2, -0.15) is 0 Å². The number of hydrogen-bond donors (Lipinski definition) is 3. The first-order valence-corrected chi connectivity index (χ1v) is 10.8. The molecule has 2 aromatic rings. The van der Waals surface area contributed by atoms with E-state index in [2.05, 4.69) is 10.3 Å². The highest BCUT2D eigenvalue weighted by Gasteiger charge is 2.29. The number of piperidine rings is 1. The van der Waals surface area contributed by atoms with E-state index in [0.717, 1.165) is 29.5 Å². The summed E-state index contributed by atoms with van der Waals surface area (Å²) in [6.45, 7) is 2.90. The van der Waals surface area contributed by atoms with E-state index in [0.29, 0.717) is 51.2 Å². The molecule has 0 atom stereocenters. The molecular weight excluding hydrogens is 425 g/mol. The minimum Gasteiger partial charge on any atom is -0.477 e. The highest BCUT2D eigenvalue weighted by molar-refractivity contribution is 6.30. The Morgan fingerprint density at radius 2 is 2.06 bits per heavy atom. The van der Waals surface area contributed by atoms with E-state index < -0.39 is 17.2 Å². The number of halogens is 2. The molecule has 3 heterocycles. The summed E-state index contributed by atoms with van der Waals surface area (Å²) in [6, 6.07) is 1.21. The third-order valence-electron chi connectivity index (χ3n) is 5.76. The average molecular weight is 450 g/mol. The van der Waals surface area contributed by atoms with Crippen LogP contribution < -0.4 is 21.4 Å². The molecule has 31 heavy (non-hydrogen) atoms. The molecule has 2 aromatic heterocycles. The molecule has 1 saturated heterocycles. The van der Waals surface area contributed by atoms with E-state index >= 15 is 0 Å². The van der Waals surface area contributed by atoms with Crippen LogP contribution in [0.25, 0.3) is 11.0 Å². The fourth-order valence-electron chi connectivity index (χ4n) is 3.93. The summed E-state index contributed by atoms with van der Waals surface area (Å²) in [5, 5.41) is 13.3. The van der Waals surface area contributed by atoms with Crippen LogP contribution in [0.5, 0.6) is 0 Å². The number of hydrogen-bond acceptors (Lipinski definition) is 6. The molecule has 1 saturated carbocycles. The summed E-state index contributed by atoms with van der Waals surface area (Å²) in [5.74, 6) is -1.77. The van der Waals surface area contributed by atoms with Gasteiger partial charge in [0, 0.05) is 50.0 Å². The Labute approximate surface area is 183 Å². The summed E-state index contributed by atoms with van der Waals surface area (Å²) in [7, 11) is 0. The molecule has 0 aromatic carbocycles. The number of nitrogens with one attached hydrogen (secondary N) is 1. The van der Waals surface area contributed by atoms with Gasteiger partial charge in [0.1, 0.15) is 11.2 Å². The lowest BCUT2D eigenvalue weighted by molar-refractivity contribution is 0.0695. The lowest BCUT2D eigenvalue weighted by Gasteiger charge is -2.30. The van der Waals surface area contributed by atoms with E-state index in [1.807, 2.05) is 4.90 Å². The zero-order valence-electron chi connectivity index (χ0n) is 17.0. The van der Waals surface area contributed by atoms with Crippen LogP contribution >= 0.6 is 11.6 Å². The quantitative estimate of drug-likeness (QED) is 0.555. The van der Waals surface area contributed by atoms with E-state index in [9.17, 15) is 19.1 Å². The molecule has 2 aliphatic rings. The summed E-state index contributed by atoms with van der Waals surface area (Å²) in [4.78, 5) is 30.4. The van der Waals surface area contributed by atoms with Gasteiger partial charge in [0.05, 0.1) is 5.39 Å². The van der Waals surface area contributed by atoms with Crippen molar-refractivity contribution in [1.29, 1.82) is 0 Å². The lowest BCUT2D eigenvalue weighted by Crippen LogP contribution is -2.33. The number of pyridine rings is 2. The predicted molar refractivity (Wildman–Crippen MR) is 117 cm³/mol. The van der Waals surface area contributed by atoms with E-state index in [1.165, 1.54) is 6.20 Å². The maximum absolute atomic E-state index is 15.0. The molecule has 10 heteroatoms.